The second-order valence-electron chi connectivity index (χ2n) is 5.21. The Morgan fingerprint density at radius 1 is 1.45 bits per heavy atom. The molecule has 2 heterocycles. The van der Waals surface area contributed by atoms with E-state index in [1.807, 2.05) is 0 Å². The SMILES string of the molecule is O=[N+]([O-])c1cnc(N2CCO[C@@H]3CCCC[C@@H]32)c(Br)c1. The molecule has 3 rings (SSSR count). The van der Waals surface area contributed by atoms with E-state index in [0.717, 1.165) is 25.2 Å². The molecule has 0 bridgehead atoms. The van der Waals surface area contributed by atoms with Crippen molar-refractivity contribution in [2.45, 2.75) is 37.8 Å². The van der Waals surface area contributed by atoms with Gasteiger partial charge in [0.25, 0.3) is 5.69 Å². The van der Waals surface area contributed by atoms with Gasteiger partial charge in [0.2, 0.25) is 0 Å². The summed E-state index contributed by atoms with van der Waals surface area (Å²) in [6.45, 7) is 1.47. The summed E-state index contributed by atoms with van der Waals surface area (Å²) in [5, 5.41) is 10.8. The van der Waals surface area contributed by atoms with Crippen LogP contribution in [0.15, 0.2) is 16.7 Å². The van der Waals surface area contributed by atoms with Crippen LogP contribution in [0.3, 0.4) is 0 Å². The van der Waals surface area contributed by atoms with Crippen molar-refractivity contribution in [3.05, 3.63) is 26.9 Å². The average molecular weight is 342 g/mol. The fourth-order valence-electron chi connectivity index (χ4n) is 3.09. The molecule has 0 aromatic carbocycles. The number of anilines is 1. The highest BCUT2D eigenvalue weighted by atomic mass is 79.9. The highest BCUT2D eigenvalue weighted by Gasteiger charge is 2.35. The molecule has 1 saturated carbocycles. The molecule has 20 heavy (non-hydrogen) atoms. The molecule has 2 fully saturated rings. The number of rotatable bonds is 2. The molecule has 0 unspecified atom stereocenters. The van der Waals surface area contributed by atoms with Crippen LogP contribution in [-0.4, -0.2) is 35.2 Å². The molecule has 108 valence electrons. The number of fused-ring (bicyclic) bond motifs is 1. The Kier molecular flexibility index (Phi) is 3.89. The van der Waals surface area contributed by atoms with E-state index in [1.165, 1.54) is 25.1 Å². The molecular weight excluding hydrogens is 326 g/mol. The summed E-state index contributed by atoms with van der Waals surface area (Å²) < 4.78 is 6.52. The van der Waals surface area contributed by atoms with Gasteiger partial charge in [-0.25, -0.2) is 4.98 Å². The molecule has 1 aromatic heterocycles. The van der Waals surface area contributed by atoms with Crippen molar-refractivity contribution in [2.75, 3.05) is 18.1 Å². The van der Waals surface area contributed by atoms with Gasteiger partial charge >= 0.3 is 0 Å². The third kappa shape index (κ3) is 2.52. The fraction of sp³-hybridized carbons (Fsp3) is 0.615. The number of pyridine rings is 1. The Hall–Kier alpha value is -1.21. The van der Waals surface area contributed by atoms with Gasteiger partial charge in [0.1, 0.15) is 12.0 Å². The summed E-state index contributed by atoms with van der Waals surface area (Å²) in [5.74, 6) is 0.788. The molecule has 1 aromatic rings. The van der Waals surface area contributed by atoms with Crippen molar-refractivity contribution in [3.8, 4) is 0 Å². The number of halogens is 1. The van der Waals surface area contributed by atoms with Crippen LogP contribution >= 0.6 is 15.9 Å². The molecule has 0 amide bonds. The standard InChI is InChI=1S/C13H16BrN3O3/c14-10-7-9(17(18)19)8-15-13(10)16-5-6-20-12-4-2-1-3-11(12)16/h7-8,11-12H,1-6H2/t11-,12+/m0/s1. The molecule has 0 spiro atoms. The maximum atomic E-state index is 10.8. The van der Waals surface area contributed by atoms with Crippen LogP contribution in [0.1, 0.15) is 25.7 Å². The third-order valence-corrected chi connectivity index (χ3v) is 4.61. The first-order valence-corrected chi connectivity index (χ1v) is 7.64. The van der Waals surface area contributed by atoms with E-state index < -0.39 is 4.92 Å². The zero-order valence-corrected chi connectivity index (χ0v) is 12.6. The Bertz CT molecular complexity index is 524. The maximum absolute atomic E-state index is 10.8. The number of hydrogen-bond acceptors (Lipinski definition) is 5. The molecule has 1 aliphatic heterocycles. The quantitative estimate of drug-likeness (QED) is 0.611. The Labute approximate surface area is 125 Å². The lowest BCUT2D eigenvalue weighted by atomic mass is 9.90. The van der Waals surface area contributed by atoms with Gasteiger partial charge < -0.3 is 9.64 Å². The first kappa shape index (κ1) is 13.8. The molecule has 0 radical (unpaired) electrons. The van der Waals surface area contributed by atoms with E-state index in [9.17, 15) is 10.1 Å². The van der Waals surface area contributed by atoms with E-state index in [-0.39, 0.29) is 11.8 Å². The van der Waals surface area contributed by atoms with Crippen molar-refractivity contribution in [1.29, 1.82) is 0 Å². The van der Waals surface area contributed by atoms with Gasteiger partial charge in [-0.2, -0.15) is 0 Å². The highest BCUT2D eigenvalue weighted by molar-refractivity contribution is 9.10. The monoisotopic (exact) mass is 341 g/mol. The van der Waals surface area contributed by atoms with Crippen LogP contribution in [0.2, 0.25) is 0 Å². The minimum Gasteiger partial charge on any atom is -0.374 e. The van der Waals surface area contributed by atoms with E-state index in [4.69, 9.17) is 4.74 Å². The Balaban J connectivity index is 1.89. The lowest BCUT2D eigenvalue weighted by molar-refractivity contribution is -0.385. The highest BCUT2D eigenvalue weighted by Crippen LogP contribution is 2.35. The van der Waals surface area contributed by atoms with E-state index in [2.05, 4.69) is 25.8 Å². The number of aromatic nitrogens is 1. The minimum atomic E-state index is -0.426. The second-order valence-corrected chi connectivity index (χ2v) is 6.06. The first-order chi connectivity index (χ1) is 9.66. The molecule has 0 N–H and O–H groups in total. The maximum Gasteiger partial charge on any atom is 0.288 e. The van der Waals surface area contributed by atoms with Gasteiger partial charge in [-0.05, 0) is 28.8 Å². The smallest absolute Gasteiger partial charge is 0.288 e. The summed E-state index contributed by atoms with van der Waals surface area (Å²) >= 11 is 3.42. The van der Waals surface area contributed by atoms with Crippen molar-refractivity contribution in [3.63, 3.8) is 0 Å². The number of nitrogens with zero attached hydrogens (tertiary/aromatic N) is 3. The third-order valence-electron chi connectivity index (χ3n) is 4.02. The van der Waals surface area contributed by atoms with Gasteiger partial charge in [0.15, 0.2) is 0 Å². The first-order valence-electron chi connectivity index (χ1n) is 6.85. The largest absolute Gasteiger partial charge is 0.374 e. The van der Waals surface area contributed by atoms with Gasteiger partial charge in [-0.3, -0.25) is 10.1 Å². The van der Waals surface area contributed by atoms with Crippen molar-refractivity contribution < 1.29 is 9.66 Å². The lowest BCUT2D eigenvalue weighted by Crippen LogP contribution is -2.53. The van der Waals surface area contributed by atoms with Crippen LogP contribution in [0.25, 0.3) is 0 Å². The molecule has 1 saturated heterocycles. The van der Waals surface area contributed by atoms with Crippen LogP contribution < -0.4 is 4.90 Å². The van der Waals surface area contributed by atoms with Crippen molar-refractivity contribution in [2.24, 2.45) is 0 Å². The second kappa shape index (κ2) is 5.65. The van der Waals surface area contributed by atoms with E-state index in [1.54, 1.807) is 0 Å². The average Bonchev–Trinajstić information content (AvgIpc) is 2.46. The predicted octanol–water partition coefficient (Wildman–Crippen LogP) is 2.90. The molecule has 6 nitrogen and oxygen atoms in total. The normalized spacial score (nSPS) is 26.1. The number of hydrogen-bond donors (Lipinski definition) is 0. The van der Waals surface area contributed by atoms with Crippen molar-refractivity contribution >= 4 is 27.4 Å². The Morgan fingerprint density at radius 3 is 3.00 bits per heavy atom. The van der Waals surface area contributed by atoms with Crippen LogP contribution in [0.4, 0.5) is 11.5 Å². The van der Waals surface area contributed by atoms with Crippen molar-refractivity contribution in [1.82, 2.24) is 4.98 Å². The zero-order valence-electron chi connectivity index (χ0n) is 11.0. The molecule has 7 heteroatoms. The number of nitro groups is 1. The van der Waals surface area contributed by atoms with Gasteiger partial charge in [0, 0.05) is 12.6 Å². The molecular formula is C13H16BrN3O3. The molecule has 2 aliphatic rings. The molecule has 1 aliphatic carbocycles. The lowest BCUT2D eigenvalue weighted by Gasteiger charge is -2.44. The van der Waals surface area contributed by atoms with Crippen LogP contribution in [-0.2, 0) is 4.74 Å². The summed E-state index contributed by atoms with van der Waals surface area (Å²) in [5.41, 5.74) is 0.00841. The van der Waals surface area contributed by atoms with Gasteiger partial charge in [0.05, 0.1) is 28.1 Å². The summed E-state index contributed by atoms with van der Waals surface area (Å²) in [7, 11) is 0. The topological polar surface area (TPSA) is 68.5 Å². The zero-order chi connectivity index (χ0) is 14.1. The summed E-state index contributed by atoms with van der Waals surface area (Å²) in [4.78, 5) is 16.9. The Morgan fingerprint density at radius 2 is 2.25 bits per heavy atom. The minimum absolute atomic E-state index is 0.00841. The summed E-state index contributed by atoms with van der Waals surface area (Å²) in [6.07, 6.45) is 6.19. The van der Waals surface area contributed by atoms with Crippen LogP contribution in [0.5, 0.6) is 0 Å². The fourth-order valence-corrected chi connectivity index (χ4v) is 3.66. The number of morpholine rings is 1. The van der Waals surface area contributed by atoms with Gasteiger partial charge in [-0.15, -0.1) is 0 Å². The summed E-state index contributed by atoms with van der Waals surface area (Å²) in [6, 6.07) is 1.86. The van der Waals surface area contributed by atoms with E-state index in [0.29, 0.717) is 17.1 Å². The van der Waals surface area contributed by atoms with E-state index >= 15 is 0 Å². The number of ether oxygens (including phenoxy) is 1. The molecule has 2 atom stereocenters. The van der Waals surface area contributed by atoms with Crippen LogP contribution in [0, 0.1) is 10.1 Å². The van der Waals surface area contributed by atoms with Gasteiger partial charge in [-0.1, -0.05) is 12.8 Å². The predicted molar refractivity (Wildman–Crippen MR) is 77.9 cm³/mol.